The molecule has 0 aliphatic heterocycles. The molecule has 2 heterocycles. The maximum Gasteiger partial charge on any atom is 0.347 e. The lowest BCUT2D eigenvalue weighted by atomic mass is 10.1. The Balaban J connectivity index is 0. The number of anilines is 1. The molecule has 2 aromatic heterocycles. The van der Waals surface area contributed by atoms with Gasteiger partial charge < -0.3 is 64.3 Å². The second kappa shape index (κ2) is 26.2. The second-order valence-corrected chi connectivity index (χ2v) is 12.8. The molecule has 0 radical (unpaired) electrons. The highest BCUT2D eigenvalue weighted by Gasteiger charge is 2.27. The van der Waals surface area contributed by atoms with Crippen LogP contribution in [0.25, 0.3) is 21.9 Å². The minimum atomic E-state index is -1.37. The Morgan fingerprint density at radius 2 is 1.28 bits per heavy atom. The van der Waals surface area contributed by atoms with E-state index in [1.807, 2.05) is 35.8 Å². The fourth-order valence-corrected chi connectivity index (χ4v) is 4.19. The van der Waals surface area contributed by atoms with Crippen molar-refractivity contribution in [1.82, 2.24) is 14.5 Å². The maximum atomic E-state index is 11.3. The number of carbonyl (C=O) groups excluding carboxylic acids is 5. The van der Waals surface area contributed by atoms with Crippen molar-refractivity contribution in [3.63, 3.8) is 0 Å². The zero-order valence-electron chi connectivity index (χ0n) is 33.2. The summed E-state index contributed by atoms with van der Waals surface area (Å²) in [7, 11) is 0. The molecule has 0 bridgehead atoms. The van der Waals surface area contributed by atoms with E-state index in [0.29, 0.717) is 31.1 Å². The third kappa shape index (κ3) is 18.7. The molecule has 0 fully saturated rings. The Hall–Kier alpha value is -5.97. The number of nitrogens with two attached hydrogens (primary N) is 1. The topological polar surface area (TPSA) is 333 Å². The van der Waals surface area contributed by atoms with Gasteiger partial charge in [-0.05, 0) is 61.5 Å². The highest BCUT2D eigenvalue weighted by atomic mass is 16.6. The van der Waals surface area contributed by atoms with Gasteiger partial charge in [0.2, 0.25) is 0 Å². The number of aliphatic carboxylic acids is 2. The summed E-state index contributed by atoms with van der Waals surface area (Å²) < 4.78 is 29.7. The Morgan fingerprint density at radius 1 is 0.783 bits per heavy atom. The van der Waals surface area contributed by atoms with Crippen LogP contribution in [0, 0.1) is 0 Å². The molecule has 22 nitrogen and oxygen atoms in total. The van der Waals surface area contributed by atoms with Crippen LogP contribution in [-0.4, -0.2) is 138 Å². The average Bonchev–Trinajstić information content (AvgIpc) is 3.50. The van der Waals surface area contributed by atoms with Gasteiger partial charge in [0.25, 0.3) is 0 Å². The minimum absolute atomic E-state index is 0. The van der Waals surface area contributed by atoms with Gasteiger partial charge in [0.05, 0.1) is 23.2 Å². The quantitative estimate of drug-likeness (QED) is 0.0828. The molecule has 0 aliphatic rings. The fraction of sp³-hybridized carbons (Fsp3) is 0.553. The number of pyridine rings is 1. The monoisotopic (exact) mass is 858 g/mol. The van der Waals surface area contributed by atoms with Crippen LogP contribution < -0.4 is 5.73 Å². The molecule has 3 rings (SSSR count). The van der Waals surface area contributed by atoms with Crippen molar-refractivity contribution in [2.45, 2.75) is 120 Å². The molecule has 3 aromatic rings. The van der Waals surface area contributed by atoms with E-state index >= 15 is 0 Å². The highest BCUT2D eigenvalue weighted by molar-refractivity contribution is 6.06. The number of ether oxygens (including phenoxy) is 6. The number of hydrogen-bond acceptors (Lipinski definition) is 19. The molecule has 0 spiro atoms. The van der Waals surface area contributed by atoms with Crippen LogP contribution in [0.15, 0.2) is 24.3 Å². The van der Waals surface area contributed by atoms with E-state index < -0.39 is 91.1 Å². The zero-order valence-corrected chi connectivity index (χ0v) is 33.2. The van der Waals surface area contributed by atoms with Crippen molar-refractivity contribution < 1.29 is 87.5 Å². The first-order chi connectivity index (χ1) is 26.9. The number of benzene rings is 1. The van der Waals surface area contributed by atoms with Crippen LogP contribution in [0.3, 0.4) is 0 Å². The van der Waals surface area contributed by atoms with Gasteiger partial charge in [-0.25, -0.2) is 43.5 Å². The third-order valence-electron chi connectivity index (χ3n) is 7.04. The highest BCUT2D eigenvalue weighted by Crippen LogP contribution is 2.30. The molecular formula is C38H58N4O18. The standard InChI is InChI=1S/C17H22N4O2.C10H14O9.C9H14O7.2CH4/c1-4-23-9-13-20-14-15(21(13)10-17(2,3)22)11-7-5-6-8-12(11)19-16(14)18;1-5(9(14)15)19-10(16)6(2)18-8(13)4-17-7(12)3-11;1-4(10)8(13)16-6(3)9(14)15-5(2)7(11)12;;/h5-8,22H,4,9-10H2,1-3H3,(H2,18,19);5-6,11H,3-4H2,1-2H3,(H,14,15);4-6,10H,1-3H3,(H,11,12);2*1H4. The number of carboxylic acids is 2. The molecule has 5 unspecified atom stereocenters. The van der Waals surface area contributed by atoms with E-state index in [9.17, 15) is 38.7 Å². The van der Waals surface area contributed by atoms with Crippen molar-refractivity contribution in [3.8, 4) is 0 Å². The van der Waals surface area contributed by atoms with Crippen LogP contribution in [-0.2, 0) is 75.1 Å². The number of imidazole rings is 1. The molecule has 7 N–H and O–H groups in total. The maximum absolute atomic E-state index is 11.3. The van der Waals surface area contributed by atoms with Crippen molar-refractivity contribution in [1.29, 1.82) is 0 Å². The third-order valence-corrected chi connectivity index (χ3v) is 7.04. The number of rotatable bonds is 17. The summed E-state index contributed by atoms with van der Waals surface area (Å²) in [5.74, 6) is -6.57. The minimum Gasteiger partial charge on any atom is -0.479 e. The number of carbonyl (C=O) groups is 7. The molecule has 1 aromatic carbocycles. The fourth-order valence-electron chi connectivity index (χ4n) is 4.19. The number of aliphatic hydroxyl groups excluding tert-OH is 2. The van der Waals surface area contributed by atoms with Crippen LogP contribution in [0.5, 0.6) is 0 Å². The van der Waals surface area contributed by atoms with Crippen molar-refractivity contribution in [3.05, 3.63) is 30.1 Å². The number of nitrogen functional groups attached to an aromatic ring is 1. The Labute approximate surface area is 346 Å². The molecular weight excluding hydrogens is 800 g/mol. The molecule has 0 amide bonds. The van der Waals surface area contributed by atoms with E-state index in [0.717, 1.165) is 29.2 Å². The van der Waals surface area contributed by atoms with Crippen LogP contribution in [0.4, 0.5) is 5.82 Å². The van der Waals surface area contributed by atoms with Gasteiger partial charge in [-0.1, -0.05) is 33.1 Å². The molecule has 5 atom stereocenters. The lowest BCUT2D eigenvalue weighted by molar-refractivity contribution is -0.177. The Bertz CT molecular complexity index is 1910. The number of carboxylic acid groups (broad SMARTS) is 2. The van der Waals surface area contributed by atoms with Crippen molar-refractivity contribution in [2.75, 3.05) is 25.6 Å². The van der Waals surface area contributed by atoms with Gasteiger partial charge >= 0.3 is 41.8 Å². The molecule has 338 valence electrons. The summed E-state index contributed by atoms with van der Waals surface area (Å²) in [6, 6.07) is 7.81. The Morgan fingerprint density at radius 3 is 1.75 bits per heavy atom. The van der Waals surface area contributed by atoms with Crippen LogP contribution in [0.2, 0.25) is 0 Å². The number of para-hydroxylation sites is 1. The average molecular weight is 859 g/mol. The second-order valence-electron chi connectivity index (χ2n) is 12.8. The van der Waals surface area contributed by atoms with E-state index in [1.165, 1.54) is 27.7 Å². The summed E-state index contributed by atoms with van der Waals surface area (Å²) in [5, 5.41) is 45.3. The van der Waals surface area contributed by atoms with Crippen molar-refractivity contribution in [2.24, 2.45) is 0 Å². The first-order valence-corrected chi connectivity index (χ1v) is 17.5. The van der Waals surface area contributed by atoms with E-state index in [1.54, 1.807) is 13.8 Å². The van der Waals surface area contributed by atoms with Gasteiger partial charge in [0.1, 0.15) is 30.7 Å². The SMILES string of the molecule is C.C.CC(O)C(=O)OC(C)C(=O)OC(C)C(=O)O.CC(OC(=O)C(C)OC(=O)COC(=O)CO)C(=O)O.CCOCc1nc2c(N)nc3ccccc3c2n1CC(C)(C)O. The zero-order chi connectivity index (χ0) is 44.5. The summed E-state index contributed by atoms with van der Waals surface area (Å²) in [5.41, 5.74) is 7.59. The van der Waals surface area contributed by atoms with Crippen molar-refractivity contribution >= 4 is 69.5 Å². The molecule has 0 saturated carbocycles. The van der Waals surface area contributed by atoms with E-state index in [-0.39, 0.29) is 14.9 Å². The summed E-state index contributed by atoms with van der Waals surface area (Å²) in [6.45, 7) is 11.1. The molecule has 22 heteroatoms. The predicted octanol–water partition coefficient (Wildman–Crippen LogP) is 1.53. The molecule has 0 aliphatic carbocycles. The normalized spacial score (nSPS) is 13.1. The van der Waals surface area contributed by atoms with Gasteiger partial charge in [0.15, 0.2) is 36.8 Å². The summed E-state index contributed by atoms with van der Waals surface area (Å²) >= 11 is 0. The lowest BCUT2D eigenvalue weighted by Crippen LogP contribution is -2.34. The number of fused-ring (bicyclic) bond motifs is 3. The smallest absolute Gasteiger partial charge is 0.347 e. The number of esters is 5. The number of aliphatic hydroxyl groups is 3. The van der Waals surface area contributed by atoms with Crippen LogP contribution >= 0.6 is 0 Å². The largest absolute Gasteiger partial charge is 0.479 e. The van der Waals surface area contributed by atoms with E-state index in [2.05, 4.69) is 33.7 Å². The Kier molecular flexibility index (Phi) is 24.5. The lowest BCUT2D eigenvalue weighted by Gasteiger charge is -2.20. The first-order valence-electron chi connectivity index (χ1n) is 17.5. The van der Waals surface area contributed by atoms with Gasteiger partial charge in [0, 0.05) is 12.0 Å². The van der Waals surface area contributed by atoms with Gasteiger partial charge in [-0.2, -0.15) is 0 Å². The molecule has 0 saturated heterocycles. The number of hydrogen-bond donors (Lipinski definition) is 6. The summed E-state index contributed by atoms with van der Waals surface area (Å²) in [6.07, 6.45) is -6.65. The number of nitrogens with zero attached hydrogens (tertiary/aromatic N) is 3. The first kappa shape index (κ1) is 56.1. The molecule has 60 heavy (non-hydrogen) atoms. The summed E-state index contributed by atoms with van der Waals surface area (Å²) in [4.78, 5) is 84.8. The van der Waals surface area contributed by atoms with Gasteiger partial charge in [-0.15, -0.1) is 0 Å². The number of aromatic nitrogens is 3. The van der Waals surface area contributed by atoms with Crippen LogP contribution in [0.1, 0.15) is 76.1 Å². The van der Waals surface area contributed by atoms with E-state index in [4.69, 9.17) is 30.9 Å². The predicted molar refractivity (Wildman–Crippen MR) is 212 cm³/mol. The van der Waals surface area contributed by atoms with Gasteiger partial charge in [-0.3, -0.25) is 0 Å².